The van der Waals surface area contributed by atoms with Crippen molar-refractivity contribution in [1.29, 1.82) is 0 Å². The van der Waals surface area contributed by atoms with Gasteiger partial charge in [0.1, 0.15) is 4.90 Å². The third-order valence-electron chi connectivity index (χ3n) is 1.56. The smallest absolute Gasteiger partial charge is 0.239 e. The van der Waals surface area contributed by atoms with Gasteiger partial charge >= 0.3 is 0 Å². The van der Waals surface area contributed by atoms with Gasteiger partial charge in [0.25, 0.3) is 0 Å². The molecule has 1 aromatic heterocycles. The normalized spacial score (nSPS) is 11.6. The quantitative estimate of drug-likeness (QED) is 0.678. The van der Waals surface area contributed by atoms with Gasteiger partial charge in [-0.3, -0.25) is 4.98 Å². The highest BCUT2D eigenvalue weighted by Gasteiger charge is 2.12. The van der Waals surface area contributed by atoms with Gasteiger partial charge in [0, 0.05) is 0 Å². The lowest BCUT2D eigenvalue weighted by Crippen LogP contribution is -2.14. The molecule has 13 heavy (non-hydrogen) atoms. The lowest BCUT2D eigenvalue weighted by atomic mass is 10.3. The molecule has 5 nitrogen and oxygen atoms in total. The zero-order valence-corrected chi connectivity index (χ0v) is 7.87. The Hall–Kier alpha value is -0.980. The molecule has 0 saturated carbocycles. The van der Waals surface area contributed by atoms with Gasteiger partial charge in [0.2, 0.25) is 10.0 Å². The Morgan fingerprint density at radius 3 is 2.54 bits per heavy atom. The molecule has 1 aromatic rings. The number of sulfonamides is 1. The van der Waals surface area contributed by atoms with Crippen LogP contribution in [0.25, 0.3) is 0 Å². The van der Waals surface area contributed by atoms with Crippen LogP contribution in [0.3, 0.4) is 0 Å². The van der Waals surface area contributed by atoms with E-state index in [9.17, 15) is 8.42 Å². The Morgan fingerprint density at radius 2 is 2.15 bits per heavy atom. The largest absolute Gasteiger partial charge is 0.390 e. The molecule has 0 aliphatic carbocycles. The topological polar surface area (TPSA) is 93.3 Å². The lowest BCUT2D eigenvalue weighted by Gasteiger charge is -2.03. The summed E-state index contributed by atoms with van der Waals surface area (Å²) in [5.41, 5.74) is 0.721. The van der Waals surface area contributed by atoms with Gasteiger partial charge in [-0.25, -0.2) is 13.6 Å². The van der Waals surface area contributed by atoms with E-state index in [0.717, 1.165) is 0 Å². The van der Waals surface area contributed by atoms with Crippen LogP contribution in [0.5, 0.6) is 0 Å². The number of aryl methyl sites for hydroxylation is 1. The van der Waals surface area contributed by atoms with Crippen LogP contribution in [-0.2, 0) is 16.6 Å². The Morgan fingerprint density at radius 1 is 1.54 bits per heavy atom. The van der Waals surface area contributed by atoms with Crippen molar-refractivity contribution in [3.63, 3.8) is 0 Å². The van der Waals surface area contributed by atoms with Crippen molar-refractivity contribution in [2.45, 2.75) is 18.4 Å². The van der Waals surface area contributed by atoms with Gasteiger partial charge in [-0.1, -0.05) is 0 Å². The van der Waals surface area contributed by atoms with Crippen LogP contribution in [-0.4, -0.2) is 18.5 Å². The van der Waals surface area contributed by atoms with E-state index < -0.39 is 10.0 Å². The summed E-state index contributed by atoms with van der Waals surface area (Å²) in [6, 6.07) is 2.76. The summed E-state index contributed by atoms with van der Waals surface area (Å²) in [5, 5.41) is 13.6. The number of pyridine rings is 1. The summed E-state index contributed by atoms with van der Waals surface area (Å²) in [5.74, 6) is 0. The van der Waals surface area contributed by atoms with E-state index in [2.05, 4.69) is 4.98 Å². The fraction of sp³-hybridized carbons (Fsp3) is 0.286. The van der Waals surface area contributed by atoms with Gasteiger partial charge in [-0.05, 0) is 19.1 Å². The Kier molecular flexibility index (Phi) is 2.65. The van der Waals surface area contributed by atoms with E-state index in [1.807, 2.05) is 0 Å². The van der Waals surface area contributed by atoms with Crippen LogP contribution in [0, 0.1) is 6.92 Å². The molecule has 0 saturated heterocycles. The van der Waals surface area contributed by atoms with E-state index in [0.29, 0.717) is 11.4 Å². The average Bonchev–Trinajstić information content (AvgIpc) is 2.01. The first kappa shape index (κ1) is 10.1. The number of aliphatic hydroxyl groups is 1. The number of hydrogen-bond donors (Lipinski definition) is 2. The van der Waals surface area contributed by atoms with E-state index in [4.69, 9.17) is 10.2 Å². The molecule has 6 heteroatoms. The molecule has 0 atom stereocenters. The van der Waals surface area contributed by atoms with Crippen molar-refractivity contribution < 1.29 is 13.5 Å². The second-order valence-electron chi connectivity index (χ2n) is 2.59. The van der Waals surface area contributed by atoms with Crippen molar-refractivity contribution >= 4 is 10.0 Å². The minimum Gasteiger partial charge on any atom is -0.390 e. The Bertz CT molecular complexity index is 414. The first-order valence-corrected chi connectivity index (χ1v) is 5.10. The second kappa shape index (κ2) is 3.41. The summed E-state index contributed by atoms with van der Waals surface area (Å²) in [6.45, 7) is 1.31. The Labute approximate surface area is 76.3 Å². The highest BCUT2D eigenvalue weighted by molar-refractivity contribution is 7.89. The third kappa shape index (κ3) is 2.24. The van der Waals surface area contributed by atoms with Crippen LogP contribution >= 0.6 is 0 Å². The molecule has 0 spiro atoms. The third-order valence-corrected chi connectivity index (χ3v) is 2.61. The minimum absolute atomic E-state index is 0.00954. The SMILES string of the molecule is Cc1nc(CO)ccc1S(N)(=O)=O. The number of hydrogen-bond acceptors (Lipinski definition) is 4. The van der Waals surface area contributed by atoms with Crippen molar-refractivity contribution in [2.75, 3.05) is 0 Å². The first-order chi connectivity index (χ1) is 5.95. The molecular formula is C7H10N2O3S. The molecule has 3 N–H and O–H groups in total. The fourth-order valence-corrected chi connectivity index (χ4v) is 1.70. The van der Waals surface area contributed by atoms with Crippen LogP contribution in [0.15, 0.2) is 17.0 Å². The maximum atomic E-state index is 10.9. The number of aliphatic hydroxyl groups excluding tert-OH is 1. The lowest BCUT2D eigenvalue weighted by molar-refractivity contribution is 0.276. The highest BCUT2D eigenvalue weighted by Crippen LogP contribution is 2.11. The van der Waals surface area contributed by atoms with Gasteiger partial charge in [0.05, 0.1) is 18.0 Å². The molecular weight excluding hydrogens is 192 g/mol. The molecule has 0 radical (unpaired) electrons. The zero-order valence-electron chi connectivity index (χ0n) is 7.06. The minimum atomic E-state index is -3.70. The van der Waals surface area contributed by atoms with E-state index >= 15 is 0 Å². The molecule has 0 aliphatic rings. The Balaban J connectivity index is 3.29. The molecule has 1 rings (SSSR count). The zero-order chi connectivity index (χ0) is 10.1. The van der Waals surface area contributed by atoms with E-state index in [-0.39, 0.29) is 11.5 Å². The summed E-state index contributed by atoms with van der Waals surface area (Å²) < 4.78 is 21.9. The number of primary sulfonamides is 1. The summed E-state index contributed by atoms with van der Waals surface area (Å²) in [7, 11) is -3.70. The predicted molar refractivity (Wildman–Crippen MR) is 46.3 cm³/mol. The highest BCUT2D eigenvalue weighted by atomic mass is 32.2. The molecule has 72 valence electrons. The molecule has 0 aliphatic heterocycles. The van der Waals surface area contributed by atoms with Crippen LogP contribution < -0.4 is 5.14 Å². The monoisotopic (exact) mass is 202 g/mol. The van der Waals surface area contributed by atoms with Gasteiger partial charge < -0.3 is 5.11 Å². The van der Waals surface area contributed by atoms with Crippen LogP contribution in [0.1, 0.15) is 11.4 Å². The van der Waals surface area contributed by atoms with Crippen molar-refractivity contribution in [3.8, 4) is 0 Å². The van der Waals surface area contributed by atoms with Crippen molar-refractivity contribution in [1.82, 2.24) is 4.98 Å². The van der Waals surface area contributed by atoms with Gasteiger partial charge in [-0.15, -0.1) is 0 Å². The molecule has 0 bridgehead atoms. The summed E-state index contributed by atoms with van der Waals surface area (Å²) >= 11 is 0. The average molecular weight is 202 g/mol. The maximum absolute atomic E-state index is 10.9. The van der Waals surface area contributed by atoms with E-state index in [1.54, 1.807) is 0 Å². The molecule has 1 heterocycles. The summed E-state index contributed by atoms with van der Waals surface area (Å²) in [6.07, 6.45) is 0. The van der Waals surface area contributed by atoms with Gasteiger partial charge in [0.15, 0.2) is 0 Å². The summed E-state index contributed by atoms with van der Waals surface area (Å²) in [4.78, 5) is 3.84. The van der Waals surface area contributed by atoms with Gasteiger partial charge in [-0.2, -0.15) is 0 Å². The second-order valence-corrected chi connectivity index (χ2v) is 4.12. The number of rotatable bonds is 2. The fourth-order valence-electron chi connectivity index (χ4n) is 0.989. The standard InChI is InChI=1S/C7H10N2O3S/c1-5-7(13(8,11)12)3-2-6(4-10)9-5/h2-3,10H,4H2,1H3,(H2,8,11,12). The van der Waals surface area contributed by atoms with Crippen molar-refractivity contribution in [3.05, 3.63) is 23.5 Å². The van der Waals surface area contributed by atoms with Crippen molar-refractivity contribution in [2.24, 2.45) is 5.14 Å². The van der Waals surface area contributed by atoms with Crippen LogP contribution in [0.2, 0.25) is 0 Å². The molecule has 0 fully saturated rings. The van der Waals surface area contributed by atoms with E-state index in [1.165, 1.54) is 19.1 Å². The number of nitrogens with zero attached hydrogens (tertiary/aromatic N) is 1. The number of aromatic nitrogens is 1. The van der Waals surface area contributed by atoms with Crippen LogP contribution in [0.4, 0.5) is 0 Å². The number of nitrogens with two attached hydrogens (primary N) is 1. The molecule has 0 aromatic carbocycles. The predicted octanol–water partition coefficient (Wildman–Crippen LogP) is -0.470. The molecule has 0 amide bonds. The maximum Gasteiger partial charge on any atom is 0.239 e. The first-order valence-electron chi connectivity index (χ1n) is 3.55. The molecule has 0 unspecified atom stereocenters.